The maximum Gasteiger partial charge on any atom is 0.303 e. The van der Waals surface area contributed by atoms with Gasteiger partial charge >= 0.3 is 41.8 Å². The van der Waals surface area contributed by atoms with Gasteiger partial charge in [0.15, 0.2) is 41.8 Å². The van der Waals surface area contributed by atoms with Gasteiger partial charge in [-0.15, -0.1) is 0 Å². The second-order valence-corrected chi connectivity index (χ2v) is 10.5. The number of carbonyl (C=O) groups is 7. The molecule has 0 N–H and O–H groups in total. The van der Waals surface area contributed by atoms with Gasteiger partial charge in [0.25, 0.3) is 0 Å². The average Bonchev–Trinajstić information content (AvgIpc) is 2.87. The Kier molecular flexibility index (Phi) is 13.9. The zero-order valence-corrected chi connectivity index (χ0v) is 26.6. The fourth-order valence-electron chi connectivity index (χ4n) is 4.46. The molecule has 2 aliphatic heterocycles. The molecular weight excluding hydrogens is 664 g/mol. The van der Waals surface area contributed by atoms with Gasteiger partial charge in [0.05, 0.1) is 0 Å². The highest BCUT2D eigenvalue weighted by molar-refractivity contribution is 9.09. The molecule has 17 nitrogen and oxygen atoms in total. The SMILES string of the molecule is CC(=O)OC[C@H]1O[C@H](Br)[C@H](OC(C)=O)[C@@H](O[C@H]2O[C@H](COC(C)=O)[C@H](OC(C)=O)[C@H](OC(C)=O)[C@H]2OC(C)=O)[C@H]1OC(C)=O. The van der Waals surface area contributed by atoms with E-state index in [1.54, 1.807) is 0 Å². The van der Waals surface area contributed by atoms with Crippen LogP contribution in [0.4, 0.5) is 0 Å². The zero-order chi connectivity index (χ0) is 33.3. The van der Waals surface area contributed by atoms with Gasteiger partial charge in [-0.3, -0.25) is 33.6 Å². The van der Waals surface area contributed by atoms with Gasteiger partial charge in [0.1, 0.15) is 31.5 Å². The molecule has 2 fully saturated rings. The third-order valence-corrected chi connectivity index (χ3v) is 6.61. The van der Waals surface area contributed by atoms with Crippen LogP contribution in [0, 0.1) is 0 Å². The molecule has 2 aliphatic rings. The summed E-state index contributed by atoms with van der Waals surface area (Å²) in [6, 6.07) is 0. The van der Waals surface area contributed by atoms with Crippen LogP contribution in [0.3, 0.4) is 0 Å². The molecule has 0 unspecified atom stereocenters. The first-order valence-electron chi connectivity index (χ1n) is 13.2. The lowest BCUT2D eigenvalue weighted by Gasteiger charge is -2.48. The average molecular weight is 699 g/mol. The molecule has 10 atom stereocenters. The van der Waals surface area contributed by atoms with Crippen LogP contribution >= 0.6 is 15.9 Å². The van der Waals surface area contributed by atoms with E-state index in [1.165, 1.54) is 0 Å². The van der Waals surface area contributed by atoms with Crippen LogP contribution in [0.2, 0.25) is 0 Å². The Morgan fingerprint density at radius 3 is 1.27 bits per heavy atom. The fourth-order valence-corrected chi connectivity index (χ4v) is 5.14. The van der Waals surface area contributed by atoms with E-state index in [9.17, 15) is 33.6 Å². The number of carbonyl (C=O) groups excluding carboxylic acids is 7. The van der Waals surface area contributed by atoms with Crippen LogP contribution in [-0.4, -0.2) is 115 Å². The Bertz CT molecular complexity index is 1090. The Morgan fingerprint density at radius 2 is 0.841 bits per heavy atom. The Hall–Kier alpha value is -3.35. The normalized spacial score (nSPS) is 31.5. The minimum absolute atomic E-state index is 0.430. The van der Waals surface area contributed by atoms with Crippen molar-refractivity contribution in [1.29, 1.82) is 0 Å². The summed E-state index contributed by atoms with van der Waals surface area (Å²) in [6.45, 7) is 6.60. The van der Waals surface area contributed by atoms with Gasteiger partial charge in [0, 0.05) is 48.5 Å². The first-order valence-corrected chi connectivity index (χ1v) is 14.1. The molecule has 0 radical (unpaired) electrons. The molecule has 248 valence electrons. The number of ether oxygens (including phenoxy) is 10. The third-order valence-electron chi connectivity index (χ3n) is 5.87. The van der Waals surface area contributed by atoms with E-state index in [0.29, 0.717) is 0 Å². The molecule has 0 aromatic rings. The monoisotopic (exact) mass is 698 g/mol. The smallest absolute Gasteiger partial charge is 0.303 e. The summed E-state index contributed by atoms with van der Waals surface area (Å²) in [5.74, 6) is -5.64. The van der Waals surface area contributed by atoms with E-state index in [1.807, 2.05) is 0 Å². The lowest BCUT2D eigenvalue weighted by molar-refractivity contribution is -0.340. The molecular formula is C26H35BrO17. The number of hydrogen-bond donors (Lipinski definition) is 0. The van der Waals surface area contributed by atoms with Crippen LogP contribution in [-0.2, 0) is 80.9 Å². The van der Waals surface area contributed by atoms with E-state index in [2.05, 4.69) is 15.9 Å². The second kappa shape index (κ2) is 16.6. The molecule has 2 heterocycles. The minimum atomic E-state index is -1.73. The Morgan fingerprint density at radius 1 is 0.477 bits per heavy atom. The van der Waals surface area contributed by atoms with Crippen molar-refractivity contribution in [3.63, 3.8) is 0 Å². The van der Waals surface area contributed by atoms with Crippen LogP contribution < -0.4 is 0 Å². The van der Waals surface area contributed by atoms with Gasteiger partial charge in [0.2, 0.25) is 0 Å². The van der Waals surface area contributed by atoms with Crippen LogP contribution in [0.1, 0.15) is 48.5 Å². The number of rotatable bonds is 11. The lowest BCUT2D eigenvalue weighted by atomic mass is 9.96. The first-order chi connectivity index (χ1) is 20.5. The standard InChI is InChI=1S/C26H35BrO17/c1-10(28)35-8-17-19(37-12(3)30)21(23(25(27)42-17)40-15(6)33)44-26-24(41-16(7)34)22(39-14(5)32)20(38-13(4)31)18(43-26)9-36-11(2)29/h17-26H,8-9H2,1-7H3/t17-,18-,19+,20+,21+,22+,23-,24-,25+,26-/m1/s1. The van der Waals surface area contributed by atoms with Crippen LogP contribution in [0.25, 0.3) is 0 Å². The first kappa shape index (κ1) is 36.8. The molecule has 18 heteroatoms. The van der Waals surface area contributed by atoms with Crippen molar-refractivity contribution in [2.24, 2.45) is 0 Å². The number of halogens is 1. The van der Waals surface area contributed by atoms with Crippen molar-refractivity contribution in [3.8, 4) is 0 Å². The number of hydrogen-bond acceptors (Lipinski definition) is 17. The van der Waals surface area contributed by atoms with Crippen LogP contribution in [0.5, 0.6) is 0 Å². The zero-order valence-electron chi connectivity index (χ0n) is 25.0. The number of alkyl halides is 1. The van der Waals surface area contributed by atoms with E-state index < -0.39 is 115 Å². The van der Waals surface area contributed by atoms with Crippen molar-refractivity contribution >= 4 is 57.7 Å². The summed E-state index contributed by atoms with van der Waals surface area (Å²) in [5.41, 5.74) is 0. The van der Waals surface area contributed by atoms with Crippen molar-refractivity contribution in [2.45, 2.75) is 109 Å². The quantitative estimate of drug-likeness (QED) is 0.158. The van der Waals surface area contributed by atoms with E-state index in [0.717, 1.165) is 48.5 Å². The maximum absolute atomic E-state index is 12.2. The molecule has 0 aromatic heterocycles. The van der Waals surface area contributed by atoms with Crippen molar-refractivity contribution in [2.75, 3.05) is 13.2 Å². The summed E-state index contributed by atoms with van der Waals surface area (Å²) >= 11 is 3.25. The summed E-state index contributed by atoms with van der Waals surface area (Å²) in [6.07, 6.45) is -13.2. The van der Waals surface area contributed by atoms with E-state index in [-0.39, 0.29) is 0 Å². The summed E-state index contributed by atoms with van der Waals surface area (Å²) in [4.78, 5) is 83.8. The van der Waals surface area contributed by atoms with Gasteiger partial charge in [-0.25, -0.2) is 0 Å². The fraction of sp³-hybridized carbons (Fsp3) is 0.731. The molecule has 2 rings (SSSR count). The summed E-state index contributed by atoms with van der Waals surface area (Å²) in [7, 11) is 0. The molecule has 0 bridgehead atoms. The Labute approximate surface area is 260 Å². The second-order valence-electron chi connectivity index (χ2n) is 9.64. The molecule has 0 amide bonds. The van der Waals surface area contributed by atoms with Crippen molar-refractivity contribution in [1.82, 2.24) is 0 Å². The highest BCUT2D eigenvalue weighted by Gasteiger charge is 2.57. The lowest BCUT2D eigenvalue weighted by Crippen LogP contribution is -2.66. The van der Waals surface area contributed by atoms with E-state index in [4.69, 9.17) is 47.4 Å². The van der Waals surface area contributed by atoms with Crippen molar-refractivity contribution < 1.29 is 80.9 Å². The van der Waals surface area contributed by atoms with Gasteiger partial charge in [-0.2, -0.15) is 0 Å². The minimum Gasteiger partial charge on any atom is -0.463 e. The van der Waals surface area contributed by atoms with Gasteiger partial charge < -0.3 is 47.4 Å². The predicted octanol–water partition coefficient (Wildman–Crippen LogP) is 0.00100. The highest BCUT2D eigenvalue weighted by Crippen LogP contribution is 2.36. The number of esters is 7. The largest absolute Gasteiger partial charge is 0.463 e. The molecule has 2 saturated heterocycles. The molecule has 0 spiro atoms. The van der Waals surface area contributed by atoms with Gasteiger partial charge in [-0.05, 0) is 0 Å². The predicted molar refractivity (Wildman–Crippen MR) is 142 cm³/mol. The van der Waals surface area contributed by atoms with Crippen molar-refractivity contribution in [3.05, 3.63) is 0 Å². The third kappa shape index (κ3) is 11.0. The summed E-state index contributed by atoms with van der Waals surface area (Å²) < 4.78 is 55.1. The van der Waals surface area contributed by atoms with E-state index >= 15 is 0 Å². The molecule has 0 aromatic carbocycles. The molecule has 0 saturated carbocycles. The topological polar surface area (TPSA) is 212 Å². The molecule has 44 heavy (non-hydrogen) atoms. The maximum atomic E-state index is 12.2. The molecule has 0 aliphatic carbocycles. The van der Waals surface area contributed by atoms with Gasteiger partial charge in [-0.1, -0.05) is 15.9 Å². The Balaban J connectivity index is 2.66. The summed E-state index contributed by atoms with van der Waals surface area (Å²) in [5, 5.41) is -1.13. The van der Waals surface area contributed by atoms with Crippen LogP contribution in [0.15, 0.2) is 0 Å². The highest BCUT2D eigenvalue weighted by atomic mass is 79.9.